The molecule has 8 heteroatoms. The molecule has 31 heavy (non-hydrogen) atoms. The molecule has 1 saturated heterocycles. The second-order valence-corrected chi connectivity index (χ2v) is 7.95. The van der Waals surface area contributed by atoms with Crippen LogP contribution in [-0.2, 0) is 11.4 Å². The number of nitrogens with one attached hydrogen (secondary N) is 1. The minimum absolute atomic E-state index is 0.139. The van der Waals surface area contributed by atoms with Crippen LogP contribution in [-0.4, -0.2) is 11.9 Å². The lowest BCUT2D eigenvalue weighted by Crippen LogP contribution is -2.30. The standard InChI is InChI=1S/C23H15Cl3N2O3/c24-16-7-9-18(10-8-16)28-22(29)20(27-23(28)30)11-14-3-1-2-4-21(14)31-13-15-5-6-17(25)12-19(15)26/h1-12H,13H2,(H,27,30)/b20-11+. The van der Waals surface area contributed by atoms with E-state index in [0.717, 1.165) is 10.5 Å². The van der Waals surface area contributed by atoms with Gasteiger partial charge in [-0.25, -0.2) is 9.69 Å². The minimum atomic E-state index is -0.537. The molecular weight excluding hydrogens is 459 g/mol. The Balaban J connectivity index is 1.57. The Morgan fingerprint density at radius 1 is 0.903 bits per heavy atom. The molecule has 3 aromatic carbocycles. The highest BCUT2D eigenvalue weighted by Gasteiger charge is 2.35. The quantitative estimate of drug-likeness (QED) is 0.348. The average molecular weight is 474 g/mol. The normalized spacial score (nSPS) is 14.8. The summed E-state index contributed by atoms with van der Waals surface area (Å²) >= 11 is 18.0. The van der Waals surface area contributed by atoms with Gasteiger partial charge in [-0.1, -0.05) is 59.1 Å². The fourth-order valence-corrected chi connectivity index (χ4v) is 3.63. The molecular formula is C23H15Cl3N2O3. The number of hydrogen-bond acceptors (Lipinski definition) is 3. The van der Waals surface area contributed by atoms with E-state index in [-0.39, 0.29) is 12.3 Å². The number of imide groups is 1. The first-order valence-electron chi connectivity index (χ1n) is 9.21. The third kappa shape index (κ3) is 4.69. The van der Waals surface area contributed by atoms with E-state index in [1.165, 1.54) is 0 Å². The molecule has 0 saturated carbocycles. The van der Waals surface area contributed by atoms with Crippen LogP contribution >= 0.6 is 34.8 Å². The predicted molar refractivity (Wildman–Crippen MR) is 123 cm³/mol. The third-order valence-corrected chi connectivity index (χ3v) is 5.42. The first-order valence-corrected chi connectivity index (χ1v) is 10.3. The summed E-state index contributed by atoms with van der Waals surface area (Å²) in [6.45, 7) is 0.216. The van der Waals surface area contributed by atoms with Crippen LogP contribution in [0.15, 0.2) is 72.4 Å². The molecule has 0 aromatic heterocycles. The second-order valence-electron chi connectivity index (χ2n) is 6.67. The van der Waals surface area contributed by atoms with Crippen molar-refractivity contribution in [2.75, 3.05) is 4.90 Å². The number of rotatable bonds is 5. The van der Waals surface area contributed by atoms with Crippen molar-refractivity contribution < 1.29 is 14.3 Å². The molecule has 156 valence electrons. The van der Waals surface area contributed by atoms with E-state index in [0.29, 0.717) is 32.1 Å². The number of carbonyl (C=O) groups is 2. The number of amides is 3. The number of hydrogen-bond donors (Lipinski definition) is 1. The Bertz CT molecular complexity index is 1190. The SMILES string of the molecule is O=C1N/C(=C/c2ccccc2OCc2ccc(Cl)cc2Cl)C(=O)N1c1ccc(Cl)cc1. The van der Waals surface area contributed by atoms with Crippen molar-refractivity contribution in [2.24, 2.45) is 0 Å². The summed E-state index contributed by atoms with van der Waals surface area (Å²) in [6.07, 6.45) is 1.58. The van der Waals surface area contributed by atoms with Crippen molar-refractivity contribution in [2.45, 2.75) is 6.61 Å². The van der Waals surface area contributed by atoms with Crippen LogP contribution in [0.2, 0.25) is 15.1 Å². The number of nitrogens with zero attached hydrogens (tertiary/aromatic N) is 1. The predicted octanol–water partition coefficient (Wildman–Crippen LogP) is 6.32. The van der Waals surface area contributed by atoms with Crippen molar-refractivity contribution in [3.05, 3.63) is 98.6 Å². The third-order valence-electron chi connectivity index (χ3n) is 4.58. The summed E-state index contributed by atoms with van der Waals surface area (Å²) in [5.74, 6) is 0.0656. The second kappa shape index (κ2) is 9.02. The highest BCUT2D eigenvalue weighted by molar-refractivity contribution is 6.35. The summed E-state index contributed by atoms with van der Waals surface area (Å²) < 4.78 is 5.92. The summed E-state index contributed by atoms with van der Waals surface area (Å²) in [6, 6.07) is 18.3. The van der Waals surface area contributed by atoms with Gasteiger partial charge in [-0.2, -0.15) is 0 Å². The van der Waals surface area contributed by atoms with Gasteiger partial charge in [-0.05, 0) is 48.5 Å². The van der Waals surface area contributed by atoms with Crippen LogP contribution in [0.1, 0.15) is 11.1 Å². The number of carbonyl (C=O) groups excluding carboxylic acids is 2. The number of benzene rings is 3. The molecule has 5 nitrogen and oxygen atoms in total. The molecule has 0 spiro atoms. The number of ether oxygens (including phenoxy) is 1. The van der Waals surface area contributed by atoms with Gasteiger partial charge in [0.15, 0.2) is 0 Å². The maximum atomic E-state index is 12.8. The number of halogens is 3. The zero-order valence-corrected chi connectivity index (χ0v) is 18.2. The van der Waals surface area contributed by atoms with Crippen molar-refractivity contribution in [3.8, 4) is 5.75 Å². The Labute approximate surface area is 193 Å². The fourth-order valence-electron chi connectivity index (χ4n) is 3.04. The lowest BCUT2D eigenvalue weighted by Gasteiger charge is -2.12. The molecule has 1 aliphatic heterocycles. The summed E-state index contributed by atoms with van der Waals surface area (Å²) in [5, 5.41) is 4.16. The van der Waals surface area contributed by atoms with Crippen molar-refractivity contribution >= 4 is 58.5 Å². The van der Waals surface area contributed by atoms with E-state index in [1.54, 1.807) is 60.7 Å². The summed E-state index contributed by atoms with van der Waals surface area (Å²) in [5.41, 5.74) is 1.97. The van der Waals surface area contributed by atoms with E-state index in [9.17, 15) is 9.59 Å². The highest BCUT2D eigenvalue weighted by atomic mass is 35.5. The zero-order valence-electron chi connectivity index (χ0n) is 15.9. The maximum absolute atomic E-state index is 12.8. The van der Waals surface area contributed by atoms with Crippen LogP contribution < -0.4 is 15.0 Å². The minimum Gasteiger partial charge on any atom is -0.488 e. The van der Waals surface area contributed by atoms with E-state index in [2.05, 4.69) is 5.32 Å². The van der Waals surface area contributed by atoms with E-state index in [4.69, 9.17) is 39.5 Å². The Morgan fingerprint density at radius 3 is 2.35 bits per heavy atom. The monoisotopic (exact) mass is 472 g/mol. The molecule has 3 aromatic rings. The van der Waals surface area contributed by atoms with E-state index >= 15 is 0 Å². The first kappa shape index (κ1) is 21.2. The summed E-state index contributed by atoms with van der Waals surface area (Å²) in [4.78, 5) is 26.3. The number of para-hydroxylation sites is 1. The molecule has 1 N–H and O–H groups in total. The molecule has 0 bridgehead atoms. The van der Waals surface area contributed by atoms with Gasteiger partial charge in [0.1, 0.15) is 18.1 Å². The van der Waals surface area contributed by atoms with Gasteiger partial charge in [0.2, 0.25) is 0 Å². The van der Waals surface area contributed by atoms with Crippen molar-refractivity contribution in [1.29, 1.82) is 0 Å². The van der Waals surface area contributed by atoms with Crippen molar-refractivity contribution in [1.82, 2.24) is 5.32 Å². The van der Waals surface area contributed by atoms with E-state index in [1.807, 2.05) is 12.1 Å². The molecule has 0 atom stereocenters. The van der Waals surface area contributed by atoms with Gasteiger partial charge < -0.3 is 10.1 Å². The molecule has 4 rings (SSSR count). The Morgan fingerprint density at radius 2 is 1.61 bits per heavy atom. The number of anilines is 1. The van der Waals surface area contributed by atoms with Gasteiger partial charge in [0.05, 0.1) is 5.69 Å². The van der Waals surface area contributed by atoms with Gasteiger partial charge in [-0.3, -0.25) is 4.79 Å². The average Bonchev–Trinajstić information content (AvgIpc) is 3.02. The molecule has 0 aliphatic carbocycles. The van der Waals surface area contributed by atoms with Crippen LogP contribution in [0.25, 0.3) is 6.08 Å². The van der Waals surface area contributed by atoms with Crippen molar-refractivity contribution in [3.63, 3.8) is 0 Å². The molecule has 1 aliphatic rings. The van der Waals surface area contributed by atoms with Crippen LogP contribution in [0, 0.1) is 0 Å². The molecule has 3 amide bonds. The fraction of sp³-hybridized carbons (Fsp3) is 0.0435. The van der Waals surface area contributed by atoms with Crippen LogP contribution in [0.4, 0.5) is 10.5 Å². The molecule has 1 fully saturated rings. The van der Waals surface area contributed by atoms with Crippen LogP contribution in [0.5, 0.6) is 5.75 Å². The molecule has 0 radical (unpaired) electrons. The lowest BCUT2D eigenvalue weighted by atomic mass is 10.1. The van der Waals surface area contributed by atoms with Gasteiger partial charge in [-0.15, -0.1) is 0 Å². The lowest BCUT2D eigenvalue weighted by molar-refractivity contribution is -0.113. The van der Waals surface area contributed by atoms with E-state index < -0.39 is 11.9 Å². The first-order chi connectivity index (χ1) is 14.9. The highest BCUT2D eigenvalue weighted by Crippen LogP contribution is 2.28. The smallest absolute Gasteiger partial charge is 0.333 e. The zero-order chi connectivity index (χ0) is 22.0. The molecule has 1 heterocycles. The van der Waals surface area contributed by atoms with Gasteiger partial charge in [0.25, 0.3) is 5.91 Å². The number of urea groups is 1. The topological polar surface area (TPSA) is 58.6 Å². The van der Waals surface area contributed by atoms with Crippen LogP contribution in [0.3, 0.4) is 0 Å². The summed E-state index contributed by atoms with van der Waals surface area (Å²) in [7, 11) is 0. The van der Waals surface area contributed by atoms with Gasteiger partial charge >= 0.3 is 6.03 Å². The molecule has 0 unspecified atom stereocenters. The Kier molecular flexibility index (Phi) is 6.18. The largest absolute Gasteiger partial charge is 0.488 e. The Hall–Kier alpha value is -2.99. The maximum Gasteiger partial charge on any atom is 0.333 e. The van der Waals surface area contributed by atoms with Gasteiger partial charge in [0, 0.05) is 26.2 Å².